The number of nitriles is 1. The van der Waals surface area contributed by atoms with Gasteiger partial charge in [-0.2, -0.15) is 5.26 Å². The lowest BCUT2D eigenvalue weighted by molar-refractivity contribution is 0.346. The number of nitrogens with one attached hydrogen (secondary N) is 1. The summed E-state index contributed by atoms with van der Waals surface area (Å²) in [5.74, 6) is 2.21. The average Bonchev–Trinajstić information content (AvgIpc) is 2.46. The van der Waals surface area contributed by atoms with Gasteiger partial charge >= 0.3 is 0 Å². The molecule has 0 aromatic heterocycles. The largest absolute Gasteiger partial charge is 0.496 e. The van der Waals surface area contributed by atoms with Gasteiger partial charge in [-0.15, -0.1) is 0 Å². The molecule has 0 heterocycles. The Balaban J connectivity index is 3.16. The number of nitrogens with zero attached hydrogens (tertiary/aromatic N) is 1. The molecule has 1 N–H and O–H groups in total. The number of hydrogen-bond donors (Lipinski definition) is 1. The van der Waals surface area contributed by atoms with E-state index in [-0.39, 0.29) is 0 Å². The predicted octanol–water partition coefficient (Wildman–Crippen LogP) is 2.52. The first kappa shape index (κ1) is 16.1. The average molecular weight is 278 g/mol. The van der Waals surface area contributed by atoms with Gasteiger partial charge in [0.1, 0.15) is 11.8 Å². The lowest BCUT2D eigenvalue weighted by Gasteiger charge is -2.19. The predicted molar refractivity (Wildman–Crippen MR) is 77.3 cm³/mol. The smallest absolute Gasteiger partial charge is 0.164 e. The van der Waals surface area contributed by atoms with Crippen molar-refractivity contribution in [3.05, 3.63) is 17.7 Å². The molecular formula is C15H22N2O3. The van der Waals surface area contributed by atoms with E-state index in [4.69, 9.17) is 14.2 Å². The Labute approximate surface area is 120 Å². The molecule has 0 aliphatic heterocycles. The molecule has 110 valence electrons. The lowest BCUT2D eigenvalue weighted by Crippen LogP contribution is -2.24. The summed E-state index contributed by atoms with van der Waals surface area (Å²) in [5.41, 5.74) is 0.744. The minimum Gasteiger partial charge on any atom is -0.496 e. The van der Waals surface area contributed by atoms with Gasteiger partial charge in [0.2, 0.25) is 0 Å². The van der Waals surface area contributed by atoms with E-state index in [0.717, 1.165) is 12.1 Å². The molecule has 0 fully saturated rings. The first-order valence-corrected chi connectivity index (χ1v) is 6.50. The Morgan fingerprint density at radius 2 is 1.60 bits per heavy atom. The quantitative estimate of drug-likeness (QED) is 0.830. The third-order valence-corrected chi connectivity index (χ3v) is 2.91. The summed E-state index contributed by atoms with van der Waals surface area (Å²) < 4.78 is 15.9. The molecule has 1 unspecified atom stereocenters. The Hall–Kier alpha value is -1.93. The monoisotopic (exact) mass is 278 g/mol. The third kappa shape index (κ3) is 3.78. The third-order valence-electron chi connectivity index (χ3n) is 2.91. The highest BCUT2D eigenvalue weighted by atomic mass is 16.5. The van der Waals surface area contributed by atoms with Gasteiger partial charge in [0.25, 0.3) is 0 Å². The van der Waals surface area contributed by atoms with Crippen LogP contribution in [0.15, 0.2) is 12.1 Å². The van der Waals surface area contributed by atoms with Gasteiger partial charge in [-0.05, 0) is 18.5 Å². The summed E-state index contributed by atoms with van der Waals surface area (Å²) in [6.07, 6.45) is 0. The molecule has 5 heteroatoms. The van der Waals surface area contributed by atoms with Gasteiger partial charge in [-0.3, -0.25) is 5.32 Å². The molecule has 1 aromatic carbocycles. The summed E-state index contributed by atoms with van der Waals surface area (Å²) in [6, 6.07) is 5.31. The van der Waals surface area contributed by atoms with Crippen LogP contribution in [0.1, 0.15) is 25.5 Å². The van der Waals surface area contributed by atoms with Gasteiger partial charge in [0.15, 0.2) is 11.5 Å². The molecule has 20 heavy (non-hydrogen) atoms. The first-order valence-electron chi connectivity index (χ1n) is 6.50. The number of rotatable bonds is 7. The van der Waals surface area contributed by atoms with Crippen molar-refractivity contribution in [3.8, 4) is 23.3 Å². The Morgan fingerprint density at radius 1 is 1.05 bits per heavy atom. The van der Waals surface area contributed by atoms with E-state index in [1.807, 2.05) is 0 Å². The van der Waals surface area contributed by atoms with Crippen molar-refractivity contribution in [3.63, 3.8) is 0 Å². The molecule has 0 saturated heterocycles. The van der Waals surface area contributed by atoms with E-state index in [0.29, 0.717) is 23.2 Å². The Bertz CT molecular complexity index is 481. The number of hydrogen-bond acceptors (Lipinski definition) is 5. The van der Waals surface area contributed by atoms with Crippen LogP contribution < -0.4 is 19.5 Å². The van der Waals surface area contributed by atoms with E-state index >= 15 is 0 Å². The maximum atomic E-state index is 9.36. The van der Waals surface area contributed by atoms with Crippen LogP contribution in [-0.4, -0.2) is 27.9 Å². The van der Waals surface area contributed by atoms with Gasteiger partial charge in [0.05, 0.1) is 27.4 Å². The maximum absolute atomic E-state index is 9.36. The van der Waals surface area contributed by atoms with Crippen LogP contribution in [0.3, 0.4) is 0 Å². The molecule has 1 rings (SSSR count). The molecule has 0 radical (unpaired) electrons. The highest BCUT2D eigenvalue weighted by Gasteiger charge is 2.19. The van der Waals surface area contributed by atoms with Crippen molar-refractivity contribution in [2.24, 2.45) is 5.92 Å². The van der Waals surface area contributed by atoms with Crippen LogP contribution in [0.25, 0.3) is 0 Å². The molecular weight excluding hydrogens is 256 g/mol. The fraction of sp³-hybridized carbons (Fsp3) is 0.533. The first-order chi connectivity index (χ1) is 9.57. The zero-order chi connectivity index (χ0) is 15.1. The molecule has 0 saturated carbocycles. The topological polar surface area (TPSA) is 63.5 Å². The fourth-order valence-electron chi connectivity index (χ4n) is 1.86. The molecule has 1 aromatic rings. The maximum Gasteiger partial charge on any atom is 0.164 e. The van der Waals surface area contributed by atoms with Crippen LogP contribution in [0.2, 0.25) is 0 Å². The summed E-state index contributed by atoms with van der Waals surface area (Å²) in [6.45, 7) is 4.93. The lowest BCUT2D eigenvalue weighted by atomic mass is 10.0. The SMILES string of the molecule is COc1cc(OC)c(C(C#N)NCC(C)C)cc1OC. The zero-order valence-corrected chi connectivity index (χ0v) is 12.7. The van der Waals surface area contributed by atoms with Gasteiger partial charge in [-0.1, -0.05) is 13.8 Å². The second kappa shape index (κ2) is 7.61. The molecule has 0 bridgehead atoms. The molecule has 1 atom stereocenters. The zero-order valence-electron chi connectivity index (χ0n) is 12.7. The summed E-state index contributed by atoms with van der Waals surface area (Å²) in [7, 11) is 4.70. The van der Waals surface area contributed by atoms with Crippen LogP contribution >= 0.6 is 0 Å². The van der Waals surface area contributed by atoms with E-state index < -0.39 is 6.04 Å². The standard InChI is InChI=1S/C15H22N2O3/c1-10(2)9-17-12(8-16)11-6-14(19-4)15(20-5)7-13(11)18-3/h6-7,10,12,17H,9H2,1-5H3. The highest BCUT2D eigenvalue weighted by Crippen LogP contribution is 2.37. The minimum absolute atomic E-state index is 0.452. The van der Waals surface area contributed by atoms with Crippen molar-refractivity contribution in [2.45, 2.75) is 19.9 Å². The van der Waals surface area contributed by atoms with Gasteiger partial charge in [0, 0.05) is 11.6 Å². The highest BCUT2D eigenvalue weighted by molar-refractivity contribution is 5.52. The van der Waals surface area contributed by atoms with Crippen LogP contribution in [-0.2, 0) is 0 Å². The van der Waals surface area contributed by atoms with Crippen molar-refractivity contribution in [1.29, 1.82) is 5.26 Å². The van der Waals surface area contributed by atoms with Crippen LogP contribution in [0.4, 0.5) is 0 Å². The van der Waals surface area contributed by atoms with Crippen molar-refractivity contribution in [2.75, 3.05) is 27.9 Å². The number of benzene rings is 1. The summed E-state index contributed by atoms with van der Waals surface area (Å²) in [5, 5.41) is 12.6. The second-order valence-electron chi connectivity index (χ2n) is 4.81. The van der Waals surface area contributed by atoms with Gasteiger partial charge < -0.3 is 14.2 Å². The summed E-state index contributed by atoms with van der Waals surface area (Å²) >= 11 is 0. The molecule has 0 spiro atoms. The molecule has 0 aliphatic rings. The van der Waals surface area contributed by atoms with E-state index in [2.05, 4.69) is 25.2 Å². The van der Waals surface area contributed by atoms with Crippen molar-refractivity contribution < 1.29 is 14.2 Å². The summed E-state index contributed by atoms with van der Waals surface area (Å²) in [4.78, 5) is 0. The fourth-order valence-corrected chi connectivity index (χ4v) is 1.86. The molecule has 0 aliphatic carbocycles. The van der Waals surface area contributed by atoms with E-state index in [1.54, 1.807) is 33.5 Å². The minimum atomic E-state index is -0.452. The molecule has 0 amide bonds. The second-order valence-corrected chi connectivity index (χ2v) is 4.81. The number of methoxy groups -OCH3 is 3. The Kier molecular flexibility index (Phi) is 6.13. The number of ether oxygens (including phenoxy) is 3. The van der Waals surface area contributed by atoms with Gasteiger partial charge in [-0.25, -0.2) is 0 Å². The van der Waals surface area contributed by atoms with Crippen molar-refractivity contribution >= 4 is 0 Å². The Morgan fingerprint density at radius 3 is 2.05 bits per heavy atom. The molecule has 5 nitrogen and oxygen atoms in total. The van der Waals surface area contributed by atoms with Crippen molar-refractivity contribution in [1.82, 2.24) is 5.32 Å². The van der Waals surface area contributed by atoms with E-state index in [1.165, 1.54) is 0 Å². The van der Waals surface area contributed by atoms with Crippen LogP contribution in [0, 0.1) is 17.2 Å². The van der Waals surface area contributed by atoms with E-state index in [9.17, 15) is 5.26 Å². The normalized spacial score (nSPS) is 11.8. The van der Waals surface area contributed by atoms with Crippen LogP contribution in [0.5, 0.6) is 17.2 Å².